The van der Waals surface area contributed by atoms with E-state index in [1.54, 1.807) is 0 Å². The van der Waals surface area contributed by atoms with E-state index in [0.717, 1.165) is 61.6 Å². The van der Waals surface area contributed by atoms with Crippen LogP contribution in [0, 0.1) is 6.92 Å². The number of aromatic nitrogens is 3. The summed E-state index contributed by atoms with van der Waals surface area (Å²) < 4.78 is 8.35. The number of aryl methyl sites for hydroxylation is 2. The van der Waals surface area contributed by atoms with Gasteiger partial charge in [-0.1, -0.05) is 17.7 Å². The second-order valence-corrected chi connectivity index (χ2v) is 9.73. The number of benzene rings is 1. The number of ether oxygens (including phenoxy) is 1. The average Bonchev–Trinajstić information content (AvgIpc) is 3.12. The molecule has 3 aromatic heterocycles. The van der Waals surface area contributed by atoms with Gasteiger partial charge in [0, 0.05) is 60.6 Å². The molecule has 1 aromatic carbocycles. The van der Waals surface area contributed by atoms with Gasteiger partial charge in [0.2, 0.25) is 0 Å². The minimum Gasteiger partial charge on any atom is -0.378 e. The van der Waals surface area contributed by atoms with Gasteiger partial charge in [0.05, 0.1) is 11.6 Å². The standard InChI is InChI=1S/C26H30N4OS/c1-19-4-6-21(7-5-19)32-17-3-16-31-20-11-14-30(15-12-20)25-9-8-22-23-18-27-13-10-24(23)29(2)26(22)28-25/h4-10,13,18,20H,3,11-12,14-17H2,1-2H3. The van der Waals surface area contributed by atoms with Crippen LogP contribution in [-0.4, -0.2) is 46.1 Å². The highest BCUT2D eigenvalue weighted by molar-refractivity contribution is 7.99. The Morgan fingerprint density at radius 2 is 1.84 bits per heavy atom. The third kappa shape index (κ3) is 4.48. The Morgan fingerprint density at radius 3 is 2.66 bits per heavy atom. The van der Waals surface area contributed by atoms with Crippen molar-refractivity contribution >= 4 is 39.5 Å². The summed E-state index contributed by atoms with van der Waals surface area (Å²) in [6, 6.07) is 15.2. The zero-order valence-electron chi connectivity index (χ0n) is 18.8. The smallest absolute Gasteiger partial charge is 0.143 e. The zero-order chi connectivity index (χ0) is 21.9. The summed E-state index contributed by atoms with van der Waals surface area (Å²) >= 11 is 1.91. The molecule has 0 bridgehead atoms. The van der Waals surface area contributed by atoms with Gasteiger partial charge >= 0.3 is 0 Å². The minimum atomic E-state index is 0.364. The molecule has 1 aliphatic rings. The molecule has 1 aliphatic heterocycles. The Morgan fingerprint density at radius 1 is 1.03 bits per heavy atom. The summed E-state index contributed by atoms with van der Waals surface area (Å²) in [6.07, 6.45) is 7.35. The van der Waals surface area contributed by atoms with Gasteiger partial charge in [-0.15, -0.1) is 11.8 Å². The van der Waals surface area contributed by atoms with Crippen LogP contribution in [0.5, 0.6) is 0 Å². The molecule has 1 fully saturated rings. The lowest BCUT2D eigenvalue weighted by Crippen LogP contribution is -2.37. The lowest BCUT2D eigenvalue weighted by atomic mass is 10.1. The van der Waals surface area contributed by atoms with Crippen molar-refractivity contribution in [2.45, 2.75) is 37.2 Å². The molecule has 0 spiro atoms. The van der Waals surface area contributed by atoms with Crippen LogP contribution in [0.3, 0.4) is 0 Å². The highest BCUT2D eigenvalue weighted by Crippen LogP contribution is 2.29. The van der Waals surface area contributed by atoms with E-state index in [4.69, 9.17) is 9.72 Å². The fourth-order valence-electron chi connectivity index (χ4n) is 4.47. The maximum atomic E-state index is 6.18. The van der Waals surface area contributed by atoms with Crippen molar-refractivity contribution in [2.75, 3.05) is 30.3 Å². The predicted molar refractivity (Wildman–Crippen MR) is 134 cm³/mol. The van der Waals surface area contributed by atoms with E-state index in [0.29, 0.717) is 6.10 Å². The van der Waals surface area contributed by atoms with Gasteiger partial charge in [0.25, 0.3) is 0 Å². The third-order valence-electron chi connectivity index (χ3n) is 6.33. The van der Waals surface area contributed by atoms with E-state index < -0.39 is 0 Å². The van der Waals surface area contributed by atoms with Crippen LogP contribution < -0.4 is 4.90 Å². The maximum absolute atomic E-state index is 6.18. The average molecular weight is 447 g/mol. The van der Waals surface area contributed by atoms with Crippen molar-refractivity contribution in [3.05, 3.63) is 60.4 Å². The second kappa shape index (κ2) is 9.51. The Kier molecular flexibility index (Phi) is 6.32. The van der Waals surface area contributed by atoms with E-state index in [9.17, 15) is 0 Å². The van der Waals surface area contributed by atoms with Crippen molar-refractivity contribution in [1.82, 2.24) is 14.5 Å². The lowest BCUT2D eigenvalue weighted by Gasteiger charge is -2.32. The number of piperidine rings is 1. The van der Waals surface area contributed by atoms with E-state index in [2.05, 4.69) is 70.9 Å². The van der Waals surface area contributed by atoms with Crippen molar-refractivity contribution in [2.24, 2.45) is 7.05 Å². The number of thioether (sulfide) groups is 1. The van der Waals surface area contributed by atoms with Crippen molar-refractivity contribution in [3.63, 3.8) is 0 Å². The highest BCUT2D eigenvalue weighted by Gasteiger charge is 2.21. The number of fused-ring (bicyclic) bond motifs is 3. The summed E-state index contributed by atoms with van der Waals surface area (Å²) in [5.74, 6) is 2.16. The first-order chi connectivity index (χ1) is 15.7. The van der Waals surface area contributed by atoms with Gasteiger partial charge in [-0.2, -0.15) is 0 Å². The van der Waals surface area contributed by atoms with Gasteiger partial charge in [-0.05, 0) is 56.5 Å². The van der Waals surface area contributed by atoms with Gasteiger partial charge < -0.3 is 14.2 Å². The second-order valence-electron chi connectivity index (χ2n) is 8.56. The largest absolute Gasteiger partial charge is 0.378 e. The number of pyridine rings is 2. The molecule has 166 valence electrons. The number of hydrogen-bond acceptors (Lipinski definition) is 5. The Bertz CT molecular complexity index is 1200. The molecule has 5 rings (SSSR count). The third-order valence-corrected chi connectivity index (χ3v) is 7.42. The Balaban J connectivity index is 1.11. The van der Waals surface area contributed by atoms with Crippen molar-refractivity contribution in [1.29, 1.82) is 0 Å². The molecule has 0 amide bonds. The van der Waals surface area contributed by atoms with Crippen LogP contribution in [-0.2, 0) is 11.8 Å². The quantitative estimate of drug-likeness (QED) is 0.273. The molecule has 0 N–H and O–H groups in total. The molecule has 0 radical (unpaired) electrons. The number of rotatable bonds is 7. The van der Waals surface area contributed by atoms with Gasteiger partial charge in [-0.25, -0.2) is 4.98 Å². The molecule has 1 saturated heterocycles. The summed E-state index contributed by atoms with van der Waals surface area (Å²) in [5.41, 5.74) is 3.51. The molecular formula is C26H30N4OS. The van der Waals surface area contributed by atoms with Gasteiger partial charge in [-0.3, -0.25) is 4.98 Å². The molecule has 0 atom stereocenters. The number of hydrogen-bond donors (Lipinski definition) is 0. The Hall–Kier alpha value is -2.57. The van der Waals surface area contributed by atoms with Gasteiger partial charge in [0.15, 0.2) is 0 Å². The fraction of sp³-hybridized carbons (Fsp3) is 0.385. The van der Waals surface area contributed by atoms with Crippen LogP contribution in [0.25, 0.3) is 21.9 Å². The summed E-state index contributed by atoms with van der Waals surface area (Å²) in [6.45, 7) is 4.96. The molecular weight excluding hydrogens is 416 g/mol. The van der Waals surface area contributed by atoms with E-state index >= 15 is 0 Å². The van der Waals surface area contributed by atoms with Crippen LogP contribution in [0.4, 0.5) is 5.82 Å². The molecule has 4 heterocycles. The first-order valence-electron chi connectivity index (χ1n) is 11.4. The predicted octanol–water partition coefficient (Wildman–Crippen LogP) is 5.60. The molecule has 4 aromatic rings. The SMILES string of the molecule is Cc1ccc(SCCCOC2CCN(c3ccc4c5cnccc5n(C)c4n3)CC2)cc1. The monoisotopic (exact) mass is 446 g/mol. The maximum Gasteiger partial charge on any atom is 0.143 e. The Labute approximate surface area is 193 Å². The normalized spacial score (nSPS) is 15.1. The number of nitrogens with zero attached hydrogens (tertiary/aromatic N) is 4. The molecule has 32 heavy (non-hydrogen) atoms. The van der Waals surface area contributed by atoms with Crippen LogP contribution in [0.15, 0.2) is 59.8 Å². The van der Waals surface area contributed by atoms with E-state index in [1.165, 1.54) is 21.4 Å². The minimum absolute atomic E-state index is 0.364. The molecule has 0 aliphatic carbocycles. The van der Waals surface area contributed by atoms with Crippen LogP contribution in [0.1, 0.15) is 24.8 Å². The zero-order valence-corrected chi connectivity index (χ0v) is 19.6. The molecule has 5 nitrogen and oxygen atoms in total. The highest BCUT2D eigenvalue weighted by atomic mass is 32.2. The first-order valence-corrected chi connectivity index (χ1v) is 12.4. The van der Waals surface area contributed by atoms with Crippen LogP contribution in [0.2, 0.25) is 0 Å². The summed E-state index contributed by atoms with van der Waals surface area (Å²) in [7, 11) is 2.08. The number of anilines is 1. The van der Waals surface area contributed by atoms with E-state index in [-0.39, 0.29) is 0 Å². The summed E-state index contributed by atoms with van der Waals surface area (Å²) in [5, 5.41) is 2.33. The topological polar surface area (TPSA) is 43.2 Å². The van der Waals surface area contributed by atoms with E-state index in [1.807, 2.05) is 24.2 Å². The molecule has 0 unspecified atom stereocenters. The summed E-state index contributed by atoms with van der Waals surface area (Å²) in [4.78, 5) is 13.0. The molecule has 0 saturated carbocycles. The van der Waals surface area contributed by atoms with Gasteiger partial charge in [0.1, 0.15) is 11.5 Å². The van der Waals surface area contributed by atoms with Crippen molar-refractivity contribution < 1.29 is 4.74 Å². The first kappa shape index (κ1) is 21.3. The molecule has 6 heteroatoms. The van der Waals surface area contributed by atoms with Crippen molar-refractivity contribution in [3.8, 4) is 0 Å². The van der Waals surface area contributed by atoms with Crippen LogP contribution >= 0.6 is 11.8 Å². The lowest BCUT2D eigenvalue weighted by molar-refractivity contribution is 0.0379. The fourth-order valence-corrected chi connectivity index (χ4v) is 5.29.